The Hall–Kier alpha value is -2.54. The zero-order valence-corrected chi connectivity index (χ0v) is 18.7. The van der Waals surface area contributed by atoms with Crippen LogP contribution in [0.25, 0.3) is 0 Å². The molecule has 1 N–H and O–H groups in total. The largest absolute Gasteiger partial charge is 0.492 e. The number of hydrogen-bond acceptors (Lipinski definition) is 3. The first kappa shape index (κ1) is 22.6. The smallest absolute Gasteiger partial charge is 0.416 e. The van der Waals surface area contributed by atoms with E-state index >= 15 is 0 Å². The fourth-order valence-electron chi connectivity index (χ4n) is 4.16. The average molecular weight is 447 g/mol. The van der Waals surface area contributed by atoms with Gasteiger partial charge in [-0.2, -0.15) is 13.2 Å². The van der Waals surface area contributed by atoms with Gasteiger partial charge in [-0.15, -0.1) is 0 Å². The highest BCUT2D eigenvalue weighted by molar-refractivity contribution is 6.07. The normalized spacial score (nSPS) is 16.7. The van der Waals surface area contributed by atoms with Gasteiger partial charge in [-0.25, -0.2) is 0 Å². The lowest BCUT2D eigenvalue weighted by atomic mass is 9.93. The van der Waals surface area contributed by atoms with Gasteiger partial charge in [0.2, 0.25) is 0 Å². The Morgan fingerprint density at radius 1 is 1.25 bits per heavy atom. The number of alkyl halides is 3. The van der Waals surface area contributed by atoms with Gasteiger partial charge in [0.05, 0.1) is 17.7 Å². The van der Waals surface area contributed by atoms with Gasteiger partial charge < -0.3 is 15.0 Å². The standard InChI is InChI=1S/C25H29F3N2O2/c1-15(2)19-12-23(32-14-16-7-8-16)20(11-21(19)25(26,27)28)24(31)29-22-6-4-5-17-13-30(3)10-9-18(17)22/h4-6,11-12,15-16H,7-10,13-14H2,1-3H3,(H,29,31). The number of rotatable bonds is 6. The topological polar surface area (TPSA) is 41.6 Å². The number of carbonyl (C=O) groups excluding carboxylic acids is 1. The molecule has 32 heavy (non-hydrogen) atoms. The zero-order chi connectivity index (χ0) is 23.0. The maximum absolute atomic E-state index is 13.8. The lowest BCUT2D eigenvalue weighted by Gasteiger charge is -2.27. The lowest BCUT2D eigenvalue weighted by Crippen LogP contribution is -2.27. The minimum absolute atomic E-state index is 0.0760. The fraction of sp³-hybridized carbons (Fsp3) is 0.480. The minimum atomic E-state index is -4.56. The average Bonchev–Trinajstić information content (AvgIpc) is 3.55. The van der Waals surface area contributed by atoms with Crippen LogP contribution in [0, 0.1) is 5.92 Å². The van der Waals surface area contributed by atoms with Gasteiger partial charge in [0.1, 0.15) is 5.75 Å². The van der Waals surface area contributed by atoms with Crippen LogP contribution in [0.15, 0.2) is 30.3 Å². The summed E-state index contributed by atoms with van der Waals surface area (Å²) in [5, 5.41) is 2.87. The van der Waals surface area contributed by atoms with Crippen molar-refractivity contribution in [3.8, 4) is 5.75 Å². The molecule has 7 heteroatoms. The molecule has 1 aliphatic heterocycles. The Morgan fingerprint density at radius 3 is 2.66 bits per heavy atom. The fourth-order valence-corrected chi connectivity index (χ4v) is 4.16. The summed E-state index contributed by atoms with van der Waals surface area (Å²) in [7, 11) is 2.03. The third-order valence-electron chi connectivity index (χ3n) is 6.20. The Labute approximate surface area is 186 Å². The Morgan fingerprint density at radius 2 is 2.00 bits per heavy atom. The van der Waals surface area contributed by atoms with E-state index in [0.29, 0.717) is 18.2 Å². The van der Waals surface area contributed by atoms with Crippen molar-refractivity contribution in [3.63, 3.8) is 0 Å². The van der Waals surface area contributed by atoms with Crippen molar-refractivity contribution >= 4 is 11.6 Å². The van der Waals surface area contributed by atoms with E-state index in [1.807, 2.05) is 19.2 Å². The number of fused-ring (bicyclic) bond motifs is 1. The summed E-state index contributed by atoms with van der Waals surface area (Å²) in [5.41, 5.74) is 2.08. The molecule has 1 aliphatic carbocycles. The van der Waals surface area contributed by atoms with Crippen molar-refractivity contribution in [2.45, 2.75) is 51.7 Å². The van der Waals surface area contributed by atoms with Crippen molar-refractivity contribution < 1.29 is 22.7 Å². The predicted octanol–water partition coefficient (Wildman–Crippen LogP) is 5.86. The number of carbonyl (C=O) groups is 1. The van der Waals surface area contributed by atoms with Crippen molar-refractivity contribution in [2.75, 3.05) is 25.5 Å². The molecule has 0 bridgehead atoms. The summed E-state index contributed by atoms with van der Waals surface area (Å²) in [6.07, 6.45) is -1.69. The third kappa shape index (κ3) is 4.93. The van der Waals surface area contributed by atoms with E-state index in [1.165, 1.54) is 6.07 Å². The number of halogens is 3. The van der Waals surface area contributed by atoms with E-state index in [2.05, 4.69) is 10.2 Å². The van der Waals surface area contributed by atoms with Crippen LogP contribution in [-0.2, 0) is 19.1 Å². The second-order valence-electron chi connectivity index (χ2n) is 9.23. The molecule has 4 nitrogen and oxygen atoms in total. The van der Waals surface area contributed by atoms with Gasteiger partial charge in [0, 0.05) is 18.8 Å². The molecule has 0 aromatic heterocycles. The van der Waals surface area contributed by atoms with Crippen molar-refractivity contribution in [2.24, 2.45) is 5.92 Å². The van der Waals surface area contributed by atoms with E-state index in [4.69, 9.17) is 4.74 Å². The monoisotopic (exact) mass is 446 g/mol. The molecule has 2 aromatic rings. The van der Waals surface area contributed by atoms with Crippen LogP contribution < -0.4 is 10.1 Å². The highest BCUT2D eigenvalue weighted by Crippen LogP contribution is 2.40. The molecular formula is C25H29F3N2O2. The number of nitrogens with zero attached hydrogens (tertiary/aromatic N) is 1. The maximum atomic E-state index is 13.8. The van der Waals surface area contributed by atoms with Crippen LogP contribution in [0.3, 0.4) is 0 Å². The summed E-state index contributed by atoms with van der Waals surface area (Å²) in [6, 6.07) is 8.04. The number of ether oxygens (including phenoxy) is 1. The quantitative estimate of drug-likeness (QED) is 0.605. The molecule has 0 unspecified atom stereocenters. The second-order valence-corrected chi connectivity index (χ2v) is 9.23. The molecular weight excluding hydrogens is 417 g/mol. The van der Waals surface area contributed by atoms with Crippen molar-refractivity contribution in [1.29, 1.82) is 0 Å². The Kier molecular flexibility index (Phi) is 6.21. The lowest BCUT2D eigenvalue weighted by molar-refractivity contribution is -0.138. The van der Waals surface area contributed by atoms with Gasteiger partial charge in [-0.1, -0.05) is 26.0 Å². The first-order chi connectivity index (χ1) is 15.1. The maximum Gasteiger partial charge on any atom is 0.416 e. The number of anilines is 1. The molecule has 2 aromatic carbocycles. The predicted molar refractivity (Wildman–Crippen MR) is 118 cm³/mol. The summed E-state index contributed by atoms with van der Waals surface area (Å²) < 4.78 is 47.3. The SMILES string of the molecule is CC(C)c1cc(OCC2CC2)c(C(=O)Nc2cccc3c2CCN(C)C3)cc1C(F)(F)F. The summed E-state index contributed by atoms with van der Waals surface area (Å²) in [4.78, 5) is 15.4. The molecule has 2 aliphatic rings. The van der Waals surface area contributed by atoms with E-state index in [1.54, 1.807) is 19.9 Å². The van der Waals surface area contributed by atoms with Crippen LogP contribution in [0.1, 0.15) is 65.2 Å². The summed E-state index contributed by atoms with van der Waals surface area (Å²) in [5.74, 6) is -0.307. The van der Waals surface area contributed by atoms with Gasteiger partial charge in [-0.3, -0.25) is 4.79 Å². The molecule has 1 heterocycles. The molecule has 1 fully saturated rings. The highest BCUT2D eigenvalue weighted by atomic mass is 19.4. The minimum Gasteiger partial charge on any atom is -0.492 e. The van der Waals surface area contributed by atoms with Gasteiger partial charge in [-0.05, 0) is 73.0 Å². The summed E-state index contributed by atoms with van der Waals surface area (Å²) in [6.45, 7) is 5.47. The molecule has 0 spiro atoms. The molecule has 0 atom stereocenters. The van der Waals surface area contributed by atoms with Gasteiger partial charge in [0.25, 0.3) is 5.91 Å². The number of amides is 1. The van der Waals surface area contributed by atoms with Crippen LogP contribution >= 0.6 is 0 Å². The van der Waals surface area contributed by atoms with E-state index in [0.717, 1.165) is 49.5 Å². The van der Waals surface area contributed by atoms with Crippen molar-refractivity contribution in [3.05, 3.63) is 58.1 Å². The third-order valence-corrected chi connectivity index (χ3v) is 6.20. The van der Waals surface area contributed by atoms with Crippen LogP contribution in [0.2, 0.25) is 0 Å². The molecule has 0 saturated heterocycles. The van der Waals surface area contributed by atoms with Crippen LogP contribution in [0.5, 0.6) is 5.75 Å². The first-order valence-electron chi connectivity index (χ1n) is 11.1. The number of likely N-dealkylation sites (N-methyl/N-ethyl adjacent to an activating group) is 1. The first-order valence-corrected chi connectivity index (χ1v) is 11.1. The van der Waals surface area contributed by atoms with Crippen LogP contribution in [-0.4, -0.2) is 31.0 Å². The zero-order valence-electron chi connectivity index (χ0n) is 18.7. The Balaban J connectivity index is 1.70. The number of nitrogens with one attached hydrogen (secondary N) is 1. The van der Waals surface area contributed by atoms with E-state index in [-0.39, 0.29) is 22.8 Å². The summed E-state index contributed by atoms with van der Waals surface area (Å²) >= 11 is 0. The van der Waals surface area contributed by atoms with Crippen LogP contribution in [0.4, 0.5) is 18.9 Å². The van der Waals surface area contributed by atoms with Gasteiger partial charge >= 0.3 is 6.18 Å². The van der Waals surface area contributed by atoms with Gasteiger partial charge in [0.15, 0.2) is 0 Å². The molecule has 1 amide bonds. The molecule has 0 radical (unpaired) electrons. The second kappa shape index (κ2) is 8.77. The molecule has 172 valence electrons. The molecule has 4 rings (SSSR count). The Bertz CT molecular complexity index is 1010. The number of benzene rings is 2. The highest BCUT2D eigenvalue weighted by Gasteiger charge is 2.36. The van der Waals surface area contributed by atoms with E-state index < -0.39 is 17.6 Å². The van der Waals surface area contributed by atoms with E-state index in [9.17, 15) is 18.0 Å². The van der Waals surface area contributed by atoms with Crippen molar-refractivity contribution in [1.82, 2.24) is 4.90 Å². The molecule has 1 saturated carbocycles. The number of hydrogen-bond donors (Lipinski definition) is 1.